The van der Waals surface area contributed by atoms with Crippen molar-refractivity contribution in [3.05, 3.63) is 30.4 Å². The van der Waals surface area contributed by atoms with E-state index in [1.807, 2.05) is 12.1 Å². The highest BCUT2D eigenvalue weighted by atomic mass is 16.6. The van der Waals surface area contributed by atoms with Gasteiger partial charge in [0.15, 0.2) is 0 Å². The van der Waals surface area contributed by atoms with Crippen LogP contribution in [0.3, 0.4) is 0 Å². The molecule has 0 spiro atoms. The predicted octanol–water partition coefficient (Wildman–Crippen LogP) is 1.90. The van der Waals surface area contributed by atoms with Gasteiger partial charge in [-0.1, -0.05) is 0 Å². The summed E-state index contributed by atoms with van der Waals surface area (Å²) >= 11 is 0. The van der Waals surface area contributed by atoms with Gasteiger partial charge in [-0.2, -0.15) is 0 Å². The second-order valence-corrected chi connectivity index (χ2v) is 5.11. The van der Waals surface area contributed by atoms with E-state index in [0.717, 1.165) is 18.9 Å². The van der Waals surface area contributed by atoms with Gasteiger partial charge in [0.25, 0.3) is 5.91 Å². The molecule has 0 aliphatic carbocycles. The van der Waals surface area contributed by atoms with Gasteiger partial charge in [-0.25, -0.2) is 4.98 Å². The summed E-state index contributed by atoms with van der Waals surface area (Å²) in [7, 11) is 0. The molecule has 6 heteroatoms. The minimum Gasteiger partial charge on any atom is -0.494 e. The predicted molar refractivity (Wildman–Crippen MR) is 78.9 cm³/mol. The molecule has 0 atom stereocenters. The molecular weight excluding hydrogens is 270 g/mol. The molecule has 112 valence electrons. The number of ether oxygens (including phenoxy) is 2. The Morgan fingerprint density at radius 1 is 1.19 bits per heavy atom. The molecule has 1 fully saturated rings. The van der Waals surface area contributed by atoms with Crippen molar-refractivity contribution < 1.29 is 14.3 Å². The summed E-state index contributed by atoms with van der Waals surface area (Å²) in [5, 5.41) is 2.75. The Kier molecular flexibility index (Phi) is 4.23. The Morgan fingerprint density at radius 2 is 2.05 bits per heavy atom. The van der Waals surface area contributed by atoms with Crippen LogP contribution < -0.4 is 10.2 Å². The second-order valence-electron chi connectivity index (χ2n) is 5.11. The lowest BCUT2D eigenvalue weighted by molar-refractivity contribution is -0.117. The third-order valence-corrected chi connectivity index (χ3v) is 3.56. The molecule has 1 aromatic rings. The van der Waals surface area contributed by atoms with Gasteiger partial charge in [-0.15, -0.1) is 0 Å². The summed E-state index contributed by atoms with van der Waals surface area (Å²) < 4.78 is 10.3. The van der Waals surface area contributed by atoms with Crippen molar-refractivity contribution in [1.29, 1.82) is 0 Å². The van der Waals surface area contributed by atoms with E-state index in [2.05, 4.69) is 15.2 Å². The first-order valence-electron chi connectivity index (χ1n) is 7.30. The van der Waals surface area contributed by atoms with Crippen LogP contribution in [0.4, 0.5) is 11.5 Å². The number of nitrogens with zero attached hydrogens (tertiary/aromatic N) is 2. The van der Waals surface area contributed by atoms with Gasteiger partial charge in [-0.05, 0) is 31.4 Å². The third kappa shape index (κ3) is 3.45. The highest BCUT2D eigenvalue weighted by Gasteiger charge is 2.16. The first kappa shape index (κ1) is 13.7. The number of nitrogens with one attached hydrogen (secondary N) is 1. The Bertz CT molecular complexity index is 521. The topological polar surface area (TPSA) is 63.7 Å². The van der Waals surface area contributed by atoms with Crippen molar-refractivity contribution in [3.8, 4) is 0 Å². The minimum atomic E-state index is -0.317. The van der Waals surface area contributed by atoms with Crippen molar-refractivity contribution in [1.82, 2.24) is 4.98 Å². The average Bonchev–Trinajstić information content (AvgIpc) is 2.57. The molecule has 0 aromatic carbocycles. The van der Waals surface area contributed by atoms with Gasteiger partial charge < -0.3 is 19.7 Å². The fourth-order valence-corrected chi connectivity index (χ4v) is 2.45. The molecule has 3 heterocycles. The number of rotatable bonds is 3. The van der Waals surface area contributed by atoms with E-state index in [0.29, 0.717) is 18.9 Å². The molecule has 3 rings (SSSR count). The van der Waals surface area contributed by atoms with Crippen molar-refractivity contribution >= 4 is 17.4 Å². The van der Waals surface area contributed by atoms with Crippen LogP contribution in [-0.4, -0.2) is 37.2 Å². The standard InChI is InChI=1S/C15H19N3O3/c19-15(13-11-20-8-9-21-13)17-12-4-5-14(16-10-12)18-6-2-1-3-7-18/h4-5,10-11H,1-3,6-9H2,(H,17,19). The first-order valence-corrected chi connectivity index (χ1v) is 7.30. The van der Waals surface area contributed by atoms with E-state index in [-0.39, 0.29) is 11.7 Å². The molecule has 2 aliphatic rings. The molecule has 2 aliphatic heterocycles. The largest absolute Gasteiger partial charge is 0.494 e. The van der Waals surface area contributed by atoms with Gasteiger partial charge in [-0.3, -0.25) is 4.79 Å². The highest BCUT2D eigenvalue weighted by molar-refractivity contribution is 6.02. The first-order chi connectivity index (χ1) is 10.3. The zero-order valence-electron chi connectivity index (χ0n) is 11.9. The molecule has 1 amide bonds. The van der Waals surface area contributed by atoms with Crippen molar-refractivity contribution in [2.75, 3.05) is 36.5 Å². The van der Waals surface area contributed by atoms with E-state index < -0.39 is 0 Å². The van der Waals surface area contributed by atoms with Gasteiger partial charge in [0, 0.05) is 13.1 Å². The number of carbonyl (C=O) groups excluding carboxylic acids is 1. The number of carbonyl (C=O) groups is 1. The molecule has 1 aromatic heterocycles. The van der Waals surface area contributed by atoms with E-state index in [1.54, 1.807) is 6.20 Å². The summed E-state index contributed by atoms with van der Waals surface area (Å²) in [5.41, 5.74) is 0.649. The Morgan fingerprint density at radius 3 is 2.71 bits per heavy atom. The zero-order chi connectivity index (χ0) is 14.5. The summed E-state index contributed by atoms with van der Waals surface area (Å²) in [5.74, 6) is 0.841. The second kappa shape index (κ2) is 6.47. The lowest BCUT2D eigenvalue weighted by Crippen LogP contribution is -2.30. The van der Waals surface area contributed by atoms with E-state index in [1.165, 1.54) is 25.5 Å². The maximum absolute atomic E-state index is 11.9. The van der Waals surface area contributed by atoms with E-state index in [9.17, 15) is 4.79 Å². The highest BCUT2D eigenvalue weighted by Crippen LogP contribution is 2.19. The number of piperidine rings is 1. The molecule has 21 heavy (non-hydrogen) atoms. The molecule has 1 N–H and O–H groups in total. The maximum atomic E-state index is 11.9. The molecular formula is C15H19N3O3. The van der Waals surface area contributed by atoms with Crippen LogP contribution in [0.25, 0.3) is 0 Å². The normalized spacial score (nSPS) is 18.3. The number of amides is 1. The number of pyridine rings is 1. The van der Waals surface area contributed by atoms with Crippen molar-refractivity contribution in [2.45, 2.75) is 19.3 Å². The summed E-state index contributed by atoms with van der Waals surface area (Å²) in [6, 6.07) is 3.80. The van der Waals surface area contributed by atoms with E-state index in [4.69, 9.17) is 9.47 Å². The molecule has 0 saturated carbocycles. The van der Waals surface area contributed by atoms with Crippen molar-refractivity contribution in [3.63, 3.8) is 0 Å². The fraction of sp³-hybridized carbons (Fsp3) is 0.467. The summed E-state index contributed by atoms with van der Waals surface area (Å²) in [6.07, 6.45) is 6.74. The Balaban J connectivity index is 1.61. The smallest absolute Gasteiger partial charge is 0.294 e. The lowest BCUT2D eigenvalue weighted by atomic mass is 10.1. The summed E-state index contributed by atoms with van der Waals surface area (Å²) in [4.78, 5) is 18.6. The molecule has 0 radical (unpaired) electrons. The number of hydrogen-bond acceptors (Lipinski definition) is 5. The SMILES string of the molecule is O=C(Nc1ccc(N2CCCCC2)nc1)C1=COCCO1. The number of anilines is 2. The number of aromatic nitrogens is 1. The monoisotopic (exact) mass is 289 g/mol. The van der Waals surface area contributed by atoms with Gasteiger partial charge >= 0.3 is 0 Å². The van der Waals surface area contributed by atoms with E-state index >= 15 is 0 Å². The van der Waals surface area contributed by atoms with Crippen LogP contribution in [-0.2, 0) is 14.3 Å². The lowest BCUT2D eigenvalue weighted by Gasteiger charge is -2.27. The van der Waals surface area contributed by atoms with Gasteiger partial charge in [0.05, 0.1) is 11.9 Å². The molecule has 0 bridgehead atoms. The van der Waals surface area contributed by atoms with Gasteiger partial charge in [0.2, 0.25) is 5.76 Å². The van der Waals surface area contributed by atoms with Crippen LogP contribution in [0.1, 0.15) is 19.3 Å². The fourth-order valence-electron chi connectivity index (χ4n) is 2.45. The van der Waals surface area contributed by atoms with Crippen LogP contribution in [0.2, 0.25) is 0 Å². The molecule has 6 nitrogen and oxygen atoms in total. The Hall–Kier alpha value is -2.24. The van der Waals surface area contributed by atoms with Crippen LogP contribution in [0, 0.1) is 0 Å². The van der Waals surface area contributed by atoms with Gasteiger partial charge in [0.1, 0.15) is 25.3 Å². The van der Waals surface area contributed by atoms with Crippen LogP contribution in [0.15, 0.2) is 30.4 Å². The minimum absolute atomic E-state index is 0.196. The third-order valence-electron chi connectivity index (χ3n) is 3.56. The van der Waals surface area contributed by atoms with Crippen LogP contribution in [0.5, 0.6) is 0 Å². The molecule has 1 saturated heterocycles. The van der Waals surface area contributed by atoms with Crippen molar-refractivity contribution in [2.24, 2.45) is 0 Å². The quantitative estimate of drug-likeness (QED) is 0.920. The average molecular weight is 289 g/mol. The number of hydrogen-bond donors (Lipinski definition) is 1. The van der Waals surface area contributed by atoms with Crippen LogP contribution >= 0.6 is 0 Å². The summed E-state index contributed by atoms with van der Waals surface area (Å²) in [6.45, 7) is 2.97. The Labute approximate surface area is 123 Å². The zero-order valence-corrected chi connectivity index (χ0v) is 11.9. The molecule has 0 unspecified atom stereocenters. The maximum Gasteiger partial charge on any atom is 0.294 e.